The van der Waals surface area contributed by atoms with Crippen LogP contribution in [0.3, 0.4) is 0 Å². The van der Waals surface area contributed by atoms with E-state index in [4.69, 9.17) is 9.47 Å². The minimum atomic E-state index is -0.911. The Labute approximate surface area is 251 Å². The van der Waals surface area contributed by atoms with Crippen molar-refractivity contribution >= 4 is 11.8 Å². The highest BCUT2D eigenvalue weighted by atomic mass is 16.5. The summed E-state index contributed by atoms with van der Waals surface area (Å²) >= 11 is 0. The van der Waals surface area contributed by atoms with E-state index in [0.717, 1.165) is 30.4 Å². The van der Waals surface area contributed by atoms with E-state index >= 15 is 0 Å². The number of ether oxygens (including phenoxy) is 2. The molecule has 2 amide bonds. The van der Waals surface area contributed by atoms with Gasteiger partial charge < -0.3 is 30.1 Å². The van der Waals surface area contributed by atoms with E-state index in [9.17, 15) is 14.7 Å². The number of likely N-dealkylation sites (N-methyl/N-ethyl adjacent to an activating group) is 1. The normalized spacial score (nSPS) is 13.7. The Morgan fingerprint density at radius 2 is 1.86 bits per heavy atom. The van der Waals surface area contributed by atoms with Crippen LogP contribution in [-0.2, 0) is 22.6 Å². The first-order valence-electron chi connectivity index (χ1n) is 14.8. The third-order valence-corrected chi connectivity index (χ3v) is 7.30. The number of carbonyl (C=O) groups is 2. The lowest BCUT2D eigenvalue weighted by Gasteiger charge is -2.32. The van der Waals surface area contributed by atoms with Gasteiger partial charge in [-0.25, -0.2) is 0 Å². The fourth-order valence-electron chi connectivity index (χ4n) is 4.77. The van der Waals surface area contributed by atoms with Gasteiger partial charge >= 0.3 is 0 Å². The monoisotopic (exact) mass is 579 g/mol. The molecule has 0 aromatic heterocycles. The topological polar surface area (TPSA) is 100 Å². The highest BCUT2D eigenvalue weighted by Gasteiger charge is 2.31. The first-order chi connectivity index (χ1) is 20.2. The van der Waals surface area contributed by atoms with Gasteiger partial charge in [-0.05, 0) is 43.0 Å². The van der Waals surface area contributed by atoms with Crippen molar-refractivity contribution in [3.8, 4) is 11.5 Å². The number of nitrogens with one attached hydrogen (secondary N) is 2. The van der Waals surface area contributed by atoms with Crippen molar-refractivity contribution in [3.63, 3.8) is 0 Å². The Kier molecular flexibility index (Phi) is 15.4. The maximum absolute atomic E-state index is 13.6. The highest BCUT2D eigenvalue weighted by molar-refractivity contribution is 5.88. The molecule has 0 aliphatic carbocycles. The van der Waals surface area contributed by atoms with Gasteiger partial charge in [0, 0.05) is 31.6 Å². The summed E-state index contributed by atoms with van der Waals surface area (Å²) in [6.07, 6.45) is 5.88. The number of aliphatic hydroxyl groups excluding tert-OH is 1. The lowest BCUT2D eigenvalue weighted by atomic mass is 9.99. The van der Waals surface area contributed by atoms with Gasteiger partial charge in [0.1, 0.15) is 24.1 Å². The molecule has 2 unspecified atom stereocenters. The van der Waals surface area contributed by atoms with E-state index in [1.807, 2.05) is 55.5 Å². The molecule has 0 saturated carbocycles. The second kappa shape index (κ2) is 18.7. The number of hydrogen-bond acceptors (Lipinski definition) is 6. The van der Waals surface area contributed by atoms with Gasteiger partial charge in [-0.3, -0.25) is 9.59 Å². The lowest BCUT2D eigenvalue weighted by molar-refractivity contribution is -0.142. The molecule has 0 bridgehead atoms. The highest BCUT2D eigenvalue weighted by Crippen LogP contribution is 2.24. The van der Waals surface area contributed by atoms with E-state index in [1.165, 1.54) is 4.90 Å². The van der Waals surface area contributed by atoms with Crippen LogP contribution in [0.4, 0.5) is 0 Å². The maximum atomic E-state index is 13.6. The van der Waals surface area contributed by atoms with Gasteiger partial charge in [0.15, 0.2) is 0 Å². The molecule has 230 valence electrons. The molecule has 0 fully saturated rings. The van der Waals surface area contributed by atoms with Gasteiger partial charge in [-0.15, -0.1) is 6.58 Å². The molecule has 3 N–H and O–H groups in total. The Bertz CT molecular complexity index is 1120. The zero-order valence-electron chi connectivity index (χ0n) is 25.7. The van der Waals surface area contributed by atoms with Gasteiger partial charge in [0.05, 0.1) is 19.3 Å². The molecule has 0 aliphatic rings. The smallest absolute Gasteiger partial charge is 0.243 e. The number of aliphatic hydroxyl groups is 1. The number of amides is 2. The fraction of sp³-hybridized carbons (Fsp3) is 0.471. The SMILES string of the molecule is C=CCOc1ccc(OC)cc1CNCC(O)C(Cc1ccccc1)NC(=O)[C@H](CC=C)N(C)C(=O)[C@@H](C)CCCC. The maximum Gasteiger partial charge on any atom is 0.243 e. The summed E-state index contributed by atoms with van der Waals surface area (Å²) in [4.78, 5) is 28.3. The van der Waals surface area contributed by atoms with Crippen molar-refractivity contribution in [1.29, 1.82) is 0 Å². The van der Waals surface area contributed by atoms with Crippen molar-refractivity contribution < 1.29 is 24.2 Å². The Morgan fingerprint density at radius 3 is 2.50 bits per heavy atom. The van der Waals surface area contributed by atoms with Gasteiger partial charge in [0.25, 0.3) is 0 Å². The second-order valence-corrected chi connectivity index (χ2v) is 10.6. The Hall–Kier alpha value is -3.62. The van der Waals surface area contributed by atoms with Crippen molar-refractivity contribution in [2.24, 2.45) is 5.92 Å². The minimum absolute atomic E-state index is 0.0694. The summed E-state index contributed by atoms with van der Waals surface area (Å²) in [6, 6.07) is 13.9. The molecule has 8 nitrogen and oxygen atoms in total. The van der Waals surface area contributed by atoms with E-state index in [1.54, 1.807) is 26.3 Å². The van der Waals surface area contributed by atoms with Gasteiger partial charge in [-0.1, -0.05) is 75.8 Å². The number of rotatable bonds is 20. The van der Waals surface area contributed by atoms with Gasteiger partial charge in [-0.2, -0.15) is 0 Å². The van der Waals surface area contributed by atoms with E-state index < -0.39 is 18.2 Å². The number of unbranched alkanes of at least 4 members (excludes halogenated alkanes) is 1. The molecule has 0 saturated heterocycles. The van der Waals surface area contributed by atoms with E-state index in [2.05, 4.69) is 30.7 Å². The van der Waals surface area contributed by atoms with Crippen LogP contribution >= 0.6 is 0 Å². The van der Waals surface area contributed by atoms with Crippen LogP contribution in [0.25, 0.3) is 0 Å². The molecule has 8 heteroatoms. The standard InChI is InChI=1S/C34H49N3O5/c1-7-10-15-25(4)34(40)37(5)30(14-8-2)33(39)36-29(21-26-16-12-11-13-17-26)31(38)24-35-23-27-22-28(41-6)18-19-32(27)42-20-9-3/h8-9,11-13,16-19,22,25,29-31,35,38H,2-3,7,10,14-15,20-21,23-24H2,1,4-6H3,(H,36,39)/t25-,29?,30-,31?/m0/s1. The summed E-state index contributed by atoms with van der Waals surface area (Å²) in [5.41, 5.74) is 1.85. The van der Waals surface area contributed by atoms with Crippen molar-refractivity contribution in [1.82, 2.24) is 15.5 Å². The van der Waals surface area contributed by atoms with Crippen LogP contribution in [0, 0.1) is 5.92 Å². The predicted octanol–water partition coefficient (Wildman–Crippen LogP) is 4.67. The first kappa shape index (κ1) is 34.6. The number of nitrogens with zero attached hydrogens (tertiary/aromatic N) is 1. The quantitative estimate of drug-likeness (QED) is 0.197. The summed E-state index contributed by atoms with van der Waals surface area (Å²) in [5.74, 6) is 0.826. The predicted molar refractivity (Wildman–Crippen MR) is 169 cm³/mol. The Morgan fingerprint density at radius 1 is 1.12 bits per heavy atom. The first-order valence-corrected chi connectivity index (χ1v) is 14.8. The Balaban J connectivity index is 2.17. The van der Waals surface area contributed by atoms with Crippen molar-refractivity contribution in [2.45, 2.75) is 70.7 Å². The van der Waals surface area contributed by atoms with Crippen LogP contribution in [-0.4, -0.2) is 67.3 Å². The number of carbonyl (C=O) groups excluding carboxylic acids is 2. The molecule has 0 heterocycles. The molecule has 2 aromatic rings. The zero-order chi connectivity index (χ0) is 30.9. The molecule has 0 radical (unpaired) electrons. The molecular formula is C34H49N3O5. The second-order valence-electron chi connectivity index (χ2n) is 10.6. The third kappa shape index (κ3) is 11.0. The molecule has 2 rings (SSSR count). The number of hydrogen-bond donors (Lipinski definition) is 3. The zero-order valence-corrected chi connectivity index (χ0v) is 25.7. The molecule has 2 aromatic carbocycles. The minimum Gasteiger partial charge on any atom is -0.497 e. The van der Waals surface area contributed by atoms with Crippen LogP contribution in [0.15, 0.2) is 73.8 Å². The van der Waals surface area contributed by atoms with E-state index in [0.29, 0.717) is 37.5 Å². The molecule has 4 atom stereocenters. The molecule has 42 heavy (non-hydrogen) atoms. The summed E-state index contributed by atoms with van der Waals surface area (Å²) in [7, 11) is 3.27. The number of methoxy groups -OCH3 is 1. The summed E-state index contributed by atoms with van der Waals surface area (Å²) < 4.78 is 11.1. The van der Waals surface area contributed by atoms with Crippen molar-refractivity contribution in [2.75, 3.05) is 27.3 Å². The van der Waals surface area contributed by atoms with Crippen LogP contribution in [0.5, 0.6) is 11.5 Å². The summed E-state index contributed by atoms with van der Waals surface area (Å²) in [6.45, 7) is 12.5. The molecular weight excluding hydrogens is 530 g/mol. The average Bonchev–Trinajstić information content (AvgIpc) is 3.00. The van der Waals surface area contributed by atoms with Crippen LogP contribution in [0.2, 0.25) is 0 Å². The van der Waals surface area contributed by atoms with Crippen molar-refractivity contribution in [3.05, 3.63) is 85.0 Å². The molecule has 0 aliphatic heterocycles. The molecule has 0 spiro atoms. The third-order valence-electron chi connectivity index (χ3n) is 7.30. The largest absolute Gasteiger partial charge is 0.497 e. The van der Waals surface area contributed by atoms with Crippen LogP contribution < -0.4 is 20.1 Å². The average molecular weight is 580 g/mol. The summed E-state index contributed by atoms with van der Waals surface area (Å²) in [5, 5.41) is 17.6. The number of benzene rings is 2. The van der Waals surface area contributed by atoms with E-state index in [-0.39, 0.29) is 24.3 Å². The van der Waals surface area contributed by atoms with Crippen LogP contribution in [0.1, 0.15) is 50.7 Å². The van der Waals surface area contributed by atoms with Gasteiger partial charge in [0.2, 0.25) is 11.8 Å². The lowest BCUT2D eigenvalue weighted by Crippen LogP contribution is -2.55. The fourth-order valence-corrected chi connectivity index (χ4v) is 4.77.